The number of hydrogen-bond acceptors (Lipinski definition) is 2. The molecule has 1 aromatic rings. The Labute approximate surface area is 122 Å². The van der Waals surface area contributed by atoms with Crippen molar-refractivity contribution in [3.63, 3.8) is 0 Å². The Bertz CT molecular complexity index is 418. The smallest absolute Gasteiger partial charge is 0.245 e. The molecule has 20 heavy (non-hydrogen) atoms. The van der Waals surface area contributed by atoms with E-state index in [1.165, 1.54) is 19.3 Å². The number of nitrogens with one attached hydrogen (secondary N) is 1. The van der Waals surface area contributed by atoms with Crippen LogP contribution in [0, 0.1) is 0 Å². The van der Waals surface area contributed by atoms with Gasteiger partial charge in [-0.25, -0.2) is 0 Å². The highest BCUT2D eigenvalue weighted by Crippen LogP contribution is 2.25. The quantitative estimate of drug-likeness (QED) is 0.772. The highest BCUT2D eigenvalue weighted by atomic mass is 16.2. The maximum Gasteiger partial charge on any atom is 0.245 e. The summed E-state index contributed by atoms with van der Waals surface area (Å²) in [6, 6.07) is 9.88. The lowest BCUT2D eigenvalue weighted by Crippen LogP contribution is -2.37. The molecule has 3 heteroatoms. The van der Waals surface area contributed by atoms with Gasteiger partial charge in [0.2, 0.25) is 5.91 Å². The minimum atomic E-state index is -0.160. The molecule has 1 aliphatic heterocycles. The second kappa shape index (κ2) is 7.44. The van der Waals surface area contributed by atoms with Crippen molar-refractivity contribution in [1.29, 1.82) is 0 Å². The molecule has 0 saturated carbocycles. The first-order valence-corrected chi connectivity index (χ1v) is 7.89. The lowest BCUT2D eigenvalue weighted by molar-refractivity contribution is -0.130. The van der Waals surface area contributed by atoms with Gasteiger partial charge in [0.25, 0.3) is 0 Å². The topological polar surface area (TPSA) is 32.3 Å². The highest BCUT2D eigenvalue weighted by Gasteiger charge is 2.37. The average molecular weight is 274 g/mol. The van der Waals surface area contributed by atoms with Crippen LogP contribution < -0.4 is 5.32 Å². The highest BCUT2D eigenvalue weighted by molar-refractivity contribution is 5.85. The fourth-order valence-corrected chi connectivity index (χ4v) is 2.87. The summed E-state index contributed by atoms with van der Waals surface area (Å²) in [5.41, 5.74) is 1.08. The molecular weight excluding hydrogens is 248 g/mol. The first-order valence-electron chi connectivity index (χ1n) is 7.89. The standard InChI is InChI=1S/C17H26N2O/c1-3-5-6-10-13-19-15(4-2)18-16(17(19)20)14-11-8-7-9-12-14/h7-9,11-12,15-16,18H,3-6,10,13H2,1-2H3. The van der Waals surface area contributed by atoms with Gasteiger partial charge in [-0.2, -0.15) is 0 Å². The van der Waals surface area contributed by atoms with E-state index in [9.17, 15) is 4.79 Å². The zero-order chi connectivity index (χ0) is 14.4. The minimum Gasteiger partial charge on any atom is -0.325 e. The predicted molar refractivity (Wildman–Crippen MR) is 82.3 cm³/mol. The summed E-state index contributed by atoms with van der Waals surface area (Å²) >= 11 is 0. The van der Waals surface area contributed by atoms with Gasteiger partial charge in [-0.1, -0.05) is 63.4 Å². The molecule has 2 rings (SSSR count). The molecule has 1 saturated heterocycles. The molecule has 3 nitrogen and oxygen atoms in total. The van der Waals surface area contributed by atoms with E-state index in [0.717, 1.165) is 24.9 Å². The first-order chi connectivity index (χ1) is 9.77. The monoisotopic (exact) mass is 274 g/mol. The van der Waals surface area contributed by atoms with Crippen molar-refractivity contribution in [3.8, 4) is 0 Å². The Balaban J connectivity index is 2.00. The van der Waals surface area contributed by atoms with Crippen LogP contribution >= 0.6 is 0 Å². The zero-order valence-electron chi connectivity index (χ0n) is 12.6. The van der Waals surface area contributed by atoms with Crippen LogP contribution in [0.4, 0.5) is 0 Å². The van der Waals surface area contributed by atoms with Gasteiger partial charge in [0.15, 0.2) is 0 Å². The van der Waals surface area contributed by atoms with Gasteiger partial charge in [0, 0.05) is 6.54 Å². The normalized spacial score (nSPS) is 22.5. The van der Waals surface area contributed by atoms with Gasteiger partial charge in [-0.3, -0.25) is 10.1 Å². The van der Waals surface area contributed by atoms with Gasteiger partial charge < -0.3 is 4.90 Å². The van der Waals surface area contributed by atoms with Crippen molar-refractivity contribution in [1.82, 2.24) is 10.2 Å². The number of rotatable bonds is 7. The first kappa shape index (κ1) is 15.0. The van der Waals surface area contributed by atoms with Crippen molar-refractivity contribution in [2.24, 2.45) is 0 Å². The Kier molecular flexibility index (Phi) is 5.60. The summed E-state index contributed by atoms with van der Waals surface area (Å²) in [5.74, 6) is 0.236. The van der Waals surface area contributed by atoms with Gasteiger partial charge in [-0.05, 0) is 18.4 Å². The zero-order valence-corrected chi connectivity index (χ0v) is 12.6. The molecule has 110 valence electrons. The van der Waals surface area contributed by atoms with E-state index in [2.05, 4.69) is 19.2 Å². The maximum atomic E-state index is 12.6. The second-order valence-corrected chi connectivity index (χ2v) is 5.53. The van der Waals surface area contributed by atoms with E-state index >= 15 is 0 Å². The third-order valence-corrected chi connectivity index (χ3v) is 4.04. The van der Waals surface area contributed by atoms with E-state index in [1.807, 2.05) is 35.2 Å². The van der Waals surface area contributed by atoms with Gasteiger partial charge in [0.1, 0.15) is 6.04 Å². The van der Waals surface area contributed by atoms with Crippen LogP contribution in [-0.2, 0) is 4.79 Å². The van der Waals surface area contributed by atoms with Crippen LogP contribution in [0.1, 0.15) is 57.6 Å². The van der Waals surface area contributed by atoms with Gasteiger partial charge in [0.05, 0.1) is 6.17 Å². The van der Waals surface area contributed by atoms with Crippen molar-refractivity contribution >= 4 is 5.91 Å². The Morgan fingerprint density at radius 3 is 2.50 bits per heavy atom. The molecule has 1 amide bonds. The molecule has 0 aromatic heterocycles. The largest absolute Gasteiger partial charge is 0.325 e. The lowest BCUT2D eigenvalue weighted by atomic mass is 10.1. The van der Waals surface area contributed by atoms with Gasteiger partial charge in [-0.15, -0.1) is 0 Å². The summed E-state index contributed by atoms with van der Waals surface area (Å²) in [6.07, 6.45) is 5.97. The van der Waals surface area contributed by atoms with E-state index in [0.29, 0.717) is 0 Å². The third-order valence-electron chi connectivity index (χ3n) is 4.04. The maximum absolute atomic E-state index is 12.6. The van der Waals surface area contributed by atoms with Crippen LogP contribution in [0.5, 0.6) is 0 Å². The molecule has 1 heterocycles. The number of carbonyl (C=O) groups excluding carboxylic acids is 1. The summed E-state index contributed by atoms with van der Waals surface area (Å²) in [5, 5.41) is 3.47. The molecule has 1 aliphatic rings. The molecule has 1 N–H and O–H groups in total. The summed E-state index contributed by atoms with van der Waals surface area (Å²) < 4.78 is 0. The third kappa shape index (κ3) is 3.40. The molecule has 0 bridgehead atoms. The number of nitrogens with zero attached hydrogens (tertiary/aromatic N) is 1. The number of carbonyl (C=O) groups is 1. The number of hydrogen-bond donors (Lipinski definition) is 1. The van der Waals surface area contributed by atoms with Crippen LogP contribution in [-0.4, -0.2) is 23.5 Å². The van der Waals surface area contributed by atoms with Crippen molar-refractivity contribution < 1.29 is 4.79 Å². The van der Waals surface area contributed by atoms with Crippen LogP contribution in [0.25, 0.3) is 0 Å². The fraction of sp³-hybridized carbons (Fsp3) is 0.588. The fourth-order valence-electron chi connectivity index (χ4n) is 2.87. The number of unbranched alkanes of at least 4 members (excludes halogenated alkanes) is 3. The van der Waals surface area contributed by atoms with Crippen molar-refractivity contribution in [3.05, 3.63) is 35.9 Å². The summed E-state index contributed by atoms with van der Waals surface area (Å²) in [4.78, 5) is 14.6. The van der Waals surface area contributed by atoms with Gasteiger partial charge >= 0.3 is 0 Å². The Morgan fingerprint density at radius 1 is 1.10 bits per heavy atom. The van der Waals surface area contributed by atoms with Crippen LogP contribution in [0.2, 0.25) is 0 Å². The SMILES string of the molecule is CCCCCCN1C(=O)C(c2ccccc2)NC1CC. The molecule has 0 aliphatic carbocycles. The van der Waals surface area contributed by atoms with E-state index in [1.54, 1.807) is 0 Å². The predicted octanol–water partition coefficient (Wildman–Crippen LogP) is 3.48. The van der Waals surface area contributed by atoms with E-state index in [4.69, 9.17) is 0 Å². The molecule has 2 unspecified atom stereocenters. The molecule has 0 spiro atoms. The summed E-state index contributed by atoms with van der Waals surface area (Å²) in [7, 11) is 0. The molecular formula is C17H26N2O. The average Bonchev–Trinajstić information content (AvgIpc) is 2.81. The minimum absolute atomic E-state index is 0.160. The molecule has 1 fully saturated rings. The number of amides is 1. The van der Waals surface area contributed by atoms with Crippen molar-refractivity contribution in [2.75, 3.05) is 6.54 Å². The van der Waals surface area contributed by atoms with Crippen LogP contribution in [0.15, 0.2) is 30.3 Å². The lowest BCUT2D eigenvalue weighted by Gasteiger charge is -2.22. The van der Waals surface area contributed by atoms with E-state index in [-0.39, 0.29) is 18.1 Å². The molecule has 1 aromatic carbocycles. The van der Waals surface area contributed by atoms with Crippen molar-refractivity contribution in [2.45, 2.75) is 58.2 Å². The summed E-state index contributed by atoms with van der Waals surface area (Å²) in [6.45, 7) is 5.23. The number of benzene rings is 1. The molecule has 0 radical (unpaired) electrons. The van der Waals surface area contributed by atoms with E-state index < -0.39 is 0 Å². The molecule has 2 atom stereocenters. The second-order valence-electron chi connectivity index (χ2n) is 5.53. The Morgan fingerprint density at radius 2 is 1.85 bits per heavy atom. The Hall–Kier alpha value is -1.35. The van der Waals surface area contributed by atoms with Crippen LogP contribution in [0.3, 0.4) is 0 Å².